The van der Waals surface area contributed by atoms with Crippen molar-refractivity contribution in [1.82, 2.24) is 4.57 Å². The summed E-state index contributed by atoms with van der Waals surface area (Å²) in [6.45, 7) is 1.34. The van der Waals surface area contributed by atoms with Crippen molar-refractivity contribution >= 4 is 22.6 Å². The van der Waals surface area contributed by atoms with Gasteiger partial charge in [0.15, 0.2) is 5.56 Å². The number of anilines is 1. The summed E-state index contributed by atoms with van der Waals surface area (Å²) in [5.41, 5.74) is -3.16. The van der Waals surface area contributed by atoms with Crippen LogP contribution in [0, 0.1) is 5.82 Å². The molecule has 0 bridgehead atoms. The molecule has 24 heavy (non-hydrogen) atoms. The monoisotopic (exact) mass is 348 g/mol. The number of carbonyl (C=O) groups is 1. The average molecular weight is 348 g/mol. The predicted octanol–water partition coefficient (Wildman–Crippen LogP) is 2.49. The first-order chi connectivity index (χ1) is 11.1. The fourth-order valence-electron chi connectivity index (χ4n) is 2.28. The van der Waals surface area contributed by atoms with E-state index in [4.69, 9.17) is 0 Å². The van der Waals surface area contributed by atoms with Gasteiger partial charge in [0, 0.05) is 7.05 Å². The number of aromatic nitrogens is 1. The van der Waals surface area contributed by atoms with E-state index < -0.39 is 51.5 Å². The molecule has 1 heterocycles. The molecular formula is C14H12F4N2O4. The third kappa shape index (κ3) is 2.99. The van der Waals surface area contributed by atoms with Crippen molar-refractivity contribution in [2.45, 2.75) is 13.2 Å². The van der Waals surface area contributed by atoms with Gasteiger partial charge in [0.25, 0.3) is 5.56 Å². The number of alkyl halides is 3. The normalized spacial score (nSPS) is 11.6. The van der Waals surface area contributed by atoms with Crippen molar-refractivity contribution < 1.29 is 32.2 Å². The molecule has 0 saturated carbocycles. The van der Waals surface area contributed by atoms with Crippen LogP contribution in [0.3, 0.4) is 0 Å². The fourth-order valence-corrected chi connectivity index (χ4v) is 2.28. The Morgan fingerprint density at radius 2 is 2.00 bits per heavy atom. The lowest BCUT2D eigenvalue weighted by molar-refractivity contribution is -0.0998. The Bertz CT molecular complexity index is 874. The molecule has 0 amide bonds. The SMILES string of the molecule is CCOC(=O)c1c(O)c2c(F)ccc(NC(F)(F)F)c2n(C)c1=O. The second kappa shape index (κ2) is 6.02. The number of nitrogens with zero attached hydrogens (tertiary/aromatic N) is 1. The molecule has 10 heteroatoms. The third-order valence-corrected chi connectivity index (χ3v) is 3.21. The highest BCUT2D eigenvalue weighted by atomic mass is 19.4. The Hall–Kier alpha value is -2.78. The minimum atomic E-state index is -4.85. The van der Waals surface area contributed by atoms with Gasteiger partial charge in [-0.1, -0.05) is 0 Å². The maximum atomic E-state index is 14.1. The molecular weight excluding hydrogens is 336 g/mol. The number of rotatable bonds is 3. The minimum Gasteiger partial charge on any atom is -0.506 e. The number of halogens is 4. The molecule has 0 aliphatic heterocycles. The first-order valence-electron chi connectivity index (χ1n) is 6.64. The molecule has 0 radical (unpaired) electrons. The maximum absolute atomic E-state index is 14.1. The number of aryl methyl sites for hydroxylation is 1. The summed E-state index contributed by atoms with van der Waals surface area (Å²) in [4.78, 5) is 24.0. The lowest BCUT2D eigenvalue weighted by Gasteiger charge is -2.17. The largest absolute Gasteiger partial charge is 0.506 e. The number of hydrogen-bond acceptors (Lipinski definition) is 5. The fraction of sp³-hybridized carbons (Fsp3) is 0.286. The molecule has 0 saturated heterocycles. The first kappa shape index (κ1) is 17.6. The molecule has 2 rings (SSSR count). The summed E-state index contributed by atoms with van der Waals surface area (Å²) in [5.74, 6) is -3.38. The Morgan fingerprint density at radius 1 is 1.38 bits per heavy atom. The Labute approximate surface area is 132 Å². The quantitative estimate of drug-likeness (QED) is 0.506. The minimum absolute atomic E-state index is 0.113. The van der Waals surface area contributed by atoms with Crippen LogP contribution in [-0.4, -0.2) is 28.6 Å². The summed E-state index contributed by atoms with van der Waals surface area (Å²) in [6, 6.07) is 1.45. The van der Waals surface area contributed by atoms with Gasteiger partial charge >= 0.3 is 12.3 Å². The summed E-state index contributed by atoms with van der Waals surface area (Å²) in [5, 5.41) is 10.6. The van der Waals surface area contributed by atoms with Crippen LogP contribution in [0.25, 0.3) is 10.9 Å². The van der Waals surface area contributed by atoms with Gasteiger partial charge in [-0.25, -0.2) is 9.18 Å². The van der Waals surface area contributed by atoms with Crippen LogP contribution in [0.5, 0.6) is 5.75 Å². The van der Waals surface area contributed by atoms with Crippen LogP contribution in [0.1, 0.15) is 17.3 Å². The highest BCUT2D eigenvalue weighted by Crippen LogP contribution is 2.35. The van der Waals surface area contributed by atoms with Crippen molar-refractivity contribution in [1.29, 1.82) is 0 Å². The topological polar surface area (TPSA) is 80.6 Å². The van der Waals surface area contributed by atoms with Gasteiger partial charge in [-0.05, 0) is 19.1 Å². The third-order valence-electron chi connectivity index (χ3n) is 3.21. The van der Waals surface area contributed by atoms with Crippen LogP contribution in [0.2, 0.25) is 0 Å². The molecule has 0 fully saturated rings. The van der Waals surface area contributed by atoms with Gasteiger partial charge in [0.1, 0.15) is 11.6 Å². The van der Waals surface area contributed by atoms with Crippen LogP contribution in [-0.2, 0) is 11.8 Å². The van der Waals surface area contributed by atoms with Crippen LogP contribution >= 0.6 is 0 Å². The molecule has 6 nitrogen and oxygen atoms in total. The summed E-state index contributed by atoms with van der Waals surface area (Å²) >= 11 is 0. The van der Waals surface area contributed by atoms with Gasteiger partial charge in [-0.15, -0.1) is 0 Å². The molecule has 0 aliphatic carbocycles. The number of benzene rings is 1. The highest BCUT2D eigenvalue weighted by Gasteiger charge is 2.31. The zero-order chi connectivity index (χ0) is 18.2. The van der Waals surface area contributed by atoms with E-state index in [0.29, 0.717) is 10.6 Å². The summed E-state index contributed by atoms with van der Waals surface area (Å²) in [6.07, 6.45) is -4.85. The summed E-state index contributed by atoms with van der Waals surface area (Å²) < 4.78 is 57.1. The predicted molar refractivity (Wildman–Crippen MR) is 76.4 cm³/mol. The van der Waals surface area contributed by atoms with Gasteiger partial charge in [0.2, 0.25) is 0 Å². The van der Waals surface area contributed by atoms with Gasteiger partial charge < -0.3 is 14.4 Å². The second-order valence-corrected chi connectivity index (χ2v) is 4.75. The standard InChI is InChI=1S/C14H12F4N2O4/c1-3-24-13(23)9-11(21)8-6(15)4-5-7(19-14(16,17)18)10(8)20(2)12(9)22/h4-5,19,21H,3H2,1-2H3. The van der Waals surface area contributed by atoms with Crippen molar-refractivity contribution in [3.05, 3.63) is 33.9 Å². The Morgan fingerprint density at radius 3 is 2.54 bits per heavy atom. The molecule has 2 aromatic rings. The molecule has 0 aliphatic rings. The van der Waals surface area contributed by atoms with E-state index in [2.05, 4.69) is 4.74 Å². The van der Waals surface area contributed by atoms with Gasteiger partial charge in [-0.3, -0.25) is 10.1 Å². The van der Waals surface area contributed by atoms with Crippen molar-refractivity contribution in [3.8, 4) is 5.75 Å². The molecule has 2 N–H and O–H groups in total. The lowest BCUT2D eigenvalue weighted by atomic mass is 10.1. The zero-order valence-corrected chi connectivity index (χ0v) is 12.5. The number of aromatic hydroxyl groups is 1. The van der Waals surface area contributed by atoms with E-state index in [1.54, 1.807) is 0 Å². The van der Waals surface area contributed by atoms with Crippen LogP contribution in [0.4, 0.5) is 23.2 Å². The van der Waals surface area contributed by atoms with Crippen LogP contribution < -0.4 is 10.9 Å². The number of carbonyl (C=O) groups excluding carboxylic acids is 1. The smallest absolute Gasteiger partial charge is 0.482 e. The average Bonchev–Trinajstić information content (AvgIpc) is 2.45. The number of fused-ring (bicyclic) bond motifs is 1. The number of ether oxygens (including phenoxy) is 1. The van der Waals surface area contributed by atoms with Crippen molar-refractivity contribution in [2.24, 2.45) is 7.05 Å². The molecule has 1 aromatic carbocycles. The van der Waals surface area contributed by atoms with E-state index in [9.17, 15) is 32.3 Å². The van der Waals surface area contributed by atoms with E-state index >= 15 is 0 Å². The highest BCUT2D eigenvalue weighted by molar-refractivity contribution is 6.03. The van der Waals surface area contributed by atoms with Crippen molar-refractivity contribution in [3.63, 3.8) is 0 Å². The second-order valence-electron chi connectivity index (χ2n) is 4.75. The number of pyridine rings is 1. The van der Waals surface area contributed by atoms with Gasteiger partial charge in [-0.2, -0.15) is 13.2 Å². The van der Waals surface area contributed by atoms with E-state index in [1.807, 2.05) is 0 Å². The number of esters is 1. The van der Waals surface area contributed by atoms with E-state index in [1.165, 1.54) is 12.2 Å². The maximum Gasteiger partial charge on any atom is 0.482 e. The Kier molecular flexibility index (Phi) is 4.41. The Balaban J connectivity index is 2.90. The summed E-state index contributed by atoms with van der Waals surface area (Å²) in [7, 11) is 1.05. The molecule has 1 aromatic heterocycles. The number of nitrogens with one attached hydrogen (secondary N) is 1. The zero-order valence-electron chi connectivity index (χ0n) is 12.5. The molecule has 0 atom stereocenters. The van der Waals surface area contributed by atoms with Crippen LogP contribution in [0.15, 0.2) is 16.9 Å². The first-order valence-corrected chi connectivity index (χ1v) is 6.64. The molecule has 0 unspecified atom stereocenters. The van der Waals surface area contributed by atoms with Crippen molar-refractivity contribution in [2.75, 3.05) is 11.9 Å². The van der Waals surface area contributed by atoms with E-state index in [0.717, 1.165) is 13.1 Å². The molecule has 130 valence electrons. The lowest BCUT2D eigenvalue weighted by Crippen LogP contribution is -2.28. The molecule has 0 spiro atoms. The van der Waals surface area contributed by atoms with Gasteiger partial charge in [0.05, 0.1) is 23.2 Å². The number of hydrogen-bond donors (Lipinski definition) is 2. The van der Waals surface area contributed by atoms with E-state index in [-0.39, 0.29) is 6.61 Å².